The van der Waals surface area contributed by atoms with Crippen molar-refractivity contribution in [3.05, 3.63) is 28.8 Å². The van der Waals surface area contributed by atoms with Gasteiger partial charge in [-0.05, 0) is 43.9 Å². The summed E-state index contributed by atoms with van der Waals surface area (Å²) in [5.74, 6) is -0.140. The molecule has 0 bridgehead atoms. The average molecular weight is 456 g/mol. The van der Waals surface area contributed by atoms with Gasteiger partial charge in [-0.3, -0.25) is 9.69 Å². The first kappa shape index (κ1) is 22.0. The minimum absolute atomic E-state index is 0.0361. The van der Waals surface area contributed by atoms with Crippen LogP contribution in [0.3, 0.4) is 0 Å². The Hall–Kier alpha value is -1.19. The Morgan fingerprint density at radius 1 is 1.03 bits per heavy atom. The van der Waals surface area contributed by atoms with Crippen LogP contribution in [0.1, 0.15) is 42.5 Å². The molecule has 1 aromatic rings. The first-order valence-electron chi connectivity index (χ1n) is 10.9. The number of nitrogens with zero attached hydrogens (tertiary/aromatic N) is 3. The number of piperazine rings is 1. The molecule has 1 amide bonds. The number of hydrogen-bond donors (Lipinski definition) is 0. The first-order valence-corrected chi connectivity index (χ1v) is 12.7. The zero-order valence-corrected chi connectivity index (χ0v) is 18.8. The number of hydrogen-bond acceptors (Lipinski definition) is 5. The van der Waals surface area contributed by atoms with E-state index in [1.165, 1.54) is 16.4 Å². The van der Waals surface area contributed by atoms with Gasteiger partial charge < -0.3 is 9.64 Å². The first-order chi connectivity index (χ1) is 14.4. The van der Waals surface area contributed by atoms with E-state index in [0.29, 0.717) is 37.8 Å². The summed E-state index contributed by atoms with van der Waals surface area (Å²) in [7, 11) is -3.69. The van der Waals surface area contributed by atoms with Crippen LogP contribution in [0, 0.1) is 0 Å². The second-order valence-corrected chi connectivity index (χ2v) is 10.7. The number of piperidine rings is 1. The maximum absolute atomic E-state index is 13.1. The SMILES string of the molecule is O=C(c1ccc(Cl)c(S(=O)(=O)N2CCCCC2)c1)N1CCN(CC2CCCO2)CC1. The monoisotopic (exact) mass is 455 g/mol. The third-order valence-corrected chi connectivity index (χ3v) is 8.64. The maximum Gasteiger partial charge on any atom is 0.253 e. The molecule has 9 heteroatoms. The van der Waals surface area contributed by atoms with E-state index in [1.54, 1.807) is 11.0 Å². The van der Waals surface area contributed by atoms with Crippen molar-refractivity contribution in [1.82, 2.24) is 14.1 Å². The molecule has 166 valence electrons. The van der Waals surface area contributed by atoms with Gasteiger partial charge in [0.1, 0.15) is 4.90 Å². The molecule has 1 unspecified atom stereocenters. The number of amides is 1. The highest BCUT2D eigenvalue weighted by atomic mass is 35.5. The summed E-state index contributed by atoms with van der Waals surface area (Å²) in [6.07, 6.45) is 5.29. The number of ether oxygens (including phenoxy) is 1. The van der Waals surface area contributed by atoms with E-state index >= 15 is 0 Å². The van der Waals surface area contributed by atoms with E-state index in [1.807, 2.05) is 0 Å². The van der Waals surface area contributed by atoms with Crippen LogP contribution < -0.4 is 0 Å². The summed E-state index contributed by atoms with van der Waals surface area (Å²) in [6.45, 7) is 5.64. The minimum Gasteiger partial charge on any atom is -0.377 e. The van der Waals surface area contributed by atoms with Gasteiger partial charge in [-0.1, -0.05) is 18.0 Å². The highest BCUT2D eigenvalue weighted by molar-refractivity contribution is 7.89. The van der Waals surface area contributed by atoms with Crippen molar-refractivity contribution < 1.29 is 17.9 Å². The second kappa shape index (κ2) is 9.53. The number of carbonyl (C=O) groups is 1. The molecular formula is C21H30ClN3O4S. The van der Waals surface area contributed by atoms with E-state index in [9.17, 15) is 13.2 Å². The highest BCUT2D eigenvalue weighted by Gasteiger charge is 2.30. The predicted molar refractivity (Wildman–Crippen MR) is 115 cm³/mol. The number of halogens is 1. The Morgan fingerprint density at radius 3 is 2.43 bits per heavy atom. The van der Waals surface area contributed by atoms with E-state index in [2.05, 4.69) is 4.90 Å². The molecule has 3 heterocycles. The van der Waals surface area contributed by atoms with Crippen molar-refractivity contribution in [1.29, 1.82) is 0 Å². The van der Waals surface area contributed by atoms with Crippen molar-refractivity contribution in [2.24, 2.45) is 0 Å². The lowest BCUT2D eigenvalue weighted by Gasteiger charge is -2.35. The van der Waals surface area contributed by atoms with Crippen molar-refractivity contribution in [3.8, 4) is 0 Å². The summed E-state index contributed by atoms with van der Waals surface area (Å²) >= 11 is 6.24. The number of benzene rings is 1. The van der Waals surface area contributed by atoms with Crippen LogP contribution in [0.25, 0.3) is 0 Å². The summed E-state index contributed by atoms with van der Waals surface area (Å²) in [4.78, 5) is 17.2. The minimum atomic E-state index is -3.69. The third kappa shape index (κ3) is 4.83. The summed E-state index contributed by atoms with van der Waals surface area (Å²) in [5, 5.41) is 0.165. The Labute approximate surface area is 184 Å². The average Bonchev–Trinajstić information content (AvgIpc) is 3.28. The molecule has 0 aliphatic carbocycles. The summed E-state index contributed by atoms with van der Waals surface area (Å²) in [6, 6.07) is 4.60. The van der Waals surface area contributed by atoms with E-state index < -0.39 is 10.0 Å². The quantitative estimate of drug-likeness (QED) is 0.682. The number of sulfonamides is 1. The normalized spacial score (nSPS) is 24.3. The molecule has 0 N–H and O–H groups in total. The van der Waals surface area contributed by atoms with Crippen molar-refractivity contribution in [2.45, 2.75) is 43.1 Å². The van der Waals surface area contributed by atoms with E-state index in [4.69, 9.17) is 16.3 Å². The Morgan fingerprint density at radius 2 is 1.77 bits per heavy atom. The molecule has 7 nitrogen and oxygen atoms in total. The van der Waals surface area contributed by atoms with Gasteiger partial charge in [0.15, 0.2) is 0 Å². The molecule has 0 radical (unpaired) electrons. The Balaban J connectivity index is 1.43. The maximum atomic E-state index is 13.1. The fraction of sp³-hybridized carbons (Fsp3) is 0.667. The van der Waals surface area contributed by atoms with E-state index in [0.717, 1.165) is 58.3 Å². The molecule has 0 saturated carbocycles. The van der Waals surface area contributed by atoms with Crippen LogP contribution in [0.2, 0.25) is 5.02 Å². The molecule has 3 fully saturated rings. The molecule has 0 aromatic heterocycles. The predicted octanol–water partition coefficient (Wildman–Crippen LogP) is 2.45. The fourth-order valence-corrected chi connectivity index (χ4v) is 6.49. The zero-order chi connectivity index (χ0) is 21.1. The van der Waals surface area contributed by atoms with Crippen LogP contribution in [0.15, 0.2) is 23.1 Å². The van der Waals surface area contributed by atoms with E-state index in [-0.39, 0.29) is 15.8 Å². The van der Waals surface area contributed by atoms with Crippen LogP contribution in [-0.2, 0) is 14.8 Å². The number of rotatable bonds is 5. The van der Waals surface area contributed by atoms with Gasteiger partial charge >= 0.3 is 0 Å². The molecule has 30 heavy (non-hydrogen) atoms. The van der Waals surface area contributed by atoms with Gasteiger partial charge in [0, 0.05) is 58.0 Å². The molecule has 3 aliphatic rings. The van der Waals surface area contributed by atoms with Crippen LogP contribution in [0.5, 0.6) is 0 Å². The van der Waals surface area contributed by atoms with Gasteiger partial charge in [0.05, 0.1) is 11.1 Å². The molecule has 1 aromatic carbocycles. The van der Waals surface area contributed by atoms with Gasteiger partial charge in [-0.2, -0.15) is 4.31 Å². The van der Waals surface area contributed by atoms with Gasteiger partial charge in [0.2, 0.25) is 10.0 Å². The zero-order valence-electron chi connectivity index (χ0n) is 17.3. The molecule has 3 saturated heterocycles. The lowest BCUT2D eigenvalue weighted by molar-refractivity contribution is 0.0432. The van der Waals surface area contributed by atoms with Crippen molar-refractivity contribution >= 4 is 27.5 Å². The van der Waals surface area contributed by atoms with Crippen LogP contribution in [-0.4, -0.2) is 87.0 Å². The second-order valence-electron chi connectivity index (χ2n) is 8.34. The lowest BCUT2D eigenvalue weighted by Crippen LogP contribution is -2.50. The van der Waals surface area contributed by atoms with Gasteiger partial charge in [-0.15, -0.1) is 0 Å². The van der Waals surface area contributed by atoms with Crippen LogP contribution in [0.4, 0.5) is 0 Å². The largest absolute Gasteiger partial charge is 0.377 e. The molecule has 1 atom stereocenters. The van der Waals surface area contributed by atoms with Gasteiger partial charge in [-0.25, -0.2) is 8.42 Å². The molecule has 3 aliphatic heterocycles. The highest BCUT2D eigenvalue weighted by Crippen LogP contribution is 2.28. The van der Waals surface area contributed by atoms with Crippen molar-refractivity contribution in [2.75, 3.05) is 52.4 Å². The molecule has 4 rings (SSSR count). The lowest BCUT2D eigenvalue weighted by atomic mass is 10.1. The molecular weight excluding hydrogens is 426 g/mol. The number of carbonyl (C=O) groups excluding carboxylic acids is 1. The molecule has 0 spiro atoms. The summed E-state index contributed by atoms with van der Waals surface area (Å²) < 4.78 is 33.3. The van der Waals surface area contributed by atoms with Gasteiger partial charge in [0.25, 0.3) is 5.91 Å². The smallest absolute Gasteiger partial charge is 0.253 e. The topological polar surface area (TPSA) is 70.2 Å². The third-order valence-electron chi connectivity index (χ3n) is 6.26. The Bertz CT molecular complexity index is 859. The van der Waals surface area contributed by atoms with Crippen molar-refractivity contribution in [3.63, 3.8) is 0 Å². The standard InChI is InChI=1S/C21H30ClN3O4S/c22-19-7-6-17(15-20(19)30(27,28)25-8-2-1-3-9-25)21(26)24-12-10-23(11-13-24)16-18-5-4-14-29-18/h6-7,15,18H,1-5,8-14,16H2. The Kier molecular flexibility index (Phi) is 6.99. The summed E-state index contributed by atoms with van der Waals surface area (Å²) in [5.41, 5.74) is 0.377. The van der Waals surface area contributed by atoms with Crippen LogP contribution >= 0.6 is 11.6 Å². The fourth-order valence-electron chi connectivity index (χ4n) is 4.47.